The highest BCUT2D eigenvalue weighted by Gasteiger charge is 2.18. The molecule has 4 nitrogen and oxygen atoms in total. The Kier molecular flexibility index (Phi) is 3.21. The van der Waals surface area contributed by atoms with Crippen molar-refractivity contribution in [2.75, 3.05) is 0 Å². The van der Waals surface area contributed by atoms with Crippen LogP contribution in [-0.2, 0) is 0 Å². The Morgan fingerprint density at radius 3 is 2.72 bits per heavy atom. The van der Waals surface area contributed by atoms with Crippen LogP contribution >= 0.6 is 23.8 Å². The van der Waals surface area contributed by atoms with Crippen LogP contribution in [0.2, 0.25) is 5.02 Å². The number of carbonyl (C=O) groups excluding carboxylic acids is 1. The number of hydrogen-bond donors (Lipinski definition) is 2. The average Bonchev–Trinajstić information content (AvgIpc) is 2.50. The molecule has 1 aromatic heterocycles. The first kappa shape index (κ1) is 13.1. The highest BCUT2D eigenvalue weighted by atomic mass is 35.5. The molecule has 18 heavy (non-hydrogen) atoms. The van der Waals surface area contributed by atoms with Crippen molar-refractivity contribution in [1.82, 2.24) is 14.9 Å². The molecule has 0 aliphatic carbocycles. The number of hydrogen-bond acceptors (Lipinski definition) is 2. The summed E-state index contributed by atoms with van der Waals surface area (Å²) in [5.74, 6) is 0. The Labute approximate surface area is 115 Å². The van der Waals surface area contributed by atoms with Gasteiger partial charge in [0.25, 0.3) is 0 Å². The van der Waals surface area contributed by atoms with E-state index in [1.807, 2.05) is 20.8 Å². The van der Waals surface area contributed by atoms with Gasteiger partial charge in [0.2, 0.25) is 0 Å². The zero-order valence-corrected chi connectivity index (χ0v) is 11.9. The van der Waals surface area contributed by atoms with E-state index >= 15 is 0 Å². The lowest BCUT2D eigenvalue weighted by Gasteiger charge is -2.20. The fourth-order valence-electron chi connectivity index (χ4n) is 1.65. The summed E-state index contributed by atoms with van der Waals surface area (Å²) >= 11 is 11.1. The second-order valence-electron chi connectivity index (χ2n) is 5.11. The van der Waals surface area contributed by atoms with E-state index in [0.29, 0.717) is 15.3 Å². The van der Waals surface area contributed by atoms with Crippen molar-refractivity contribution in [2.45, 2.75) is 26.3 Å². The molecule has 0 saturated heterocycles. The summed E-state index contributed by atoms with van der Waals surface area (Å²) in [5, 5.41) is 3.43. The van der Waals surface area contributed by atoms with Crippen molar-refractivity contribution in [2.24, 2.45) is 0 Å². The van der Waals surface area contributed by atoms with Gasteiger partial charge in [-0.25, -0.2) is 9.36 Å². The number of carbonyl (C=O) groups is 1. The predicted octanol–water partition coefficient (Wildman–Crippen LogP) is 3.71. The highest BCUT2D eigenvalue weighted by Crippen LogP contribution is 2.19. The molecule has 0 radical (unpaired) electrons. The van der Waals surface area contributed by atoms with Gasteiger partial charge in [0.15, 0.2) is 4.77 Å². The fourth-order valence-corrected chi connectivity index (χ4v) is 2.11. The van der Waals surface area contributed by atoms with Crippen LogP contribution in [0.15, 0.2) is 18.2 Å². The van der Waals surface area contributed by atoms with Crippen LogP contribution in [0.4, 0.5) is 4.79 Å². The van der Waals surface area contributed by atoms with E-state index in [0.717, 1.165) is 5.52 Å². The van der Waals surface area contributed by atoms with Crippen LogP contribution in [0, 0.1) is 4.77 Å². The van der Waals surface area contributed by atoms with Crippen molar-refractivity contribution < 1.29 is 4.79 Å². The third-order valence-corrected chi connectivity index (χ3v) is 2.85. The van der Waals surface area contributed by atoms with Crippen LogP contribution in [0.3, 0.4) is 0 Å². The van der Waals surface area contributed by atoms with E-state index in [-0.39, 0.29) is 11.6 Å². The van der Waals surface area contributed by atoms with Gasteiger partial charge in [0, 0.05) is 10.6 Å². The van der Waals surface area contributed by atoms with Crippen molar-refractivity contribution in [3.05, 3.63) is 28.0 Å². The third-order valence-electron chi connectivity index (χ3n) is 2.33. The van der Waals surface area contributed by atoms with Gasteiger partial charge in [-0.2, -0.15) is 0 Å². The van der Waals surface area contributed by atoms with Crippen LogP contribution in [-0.4, -0.2) is 21.1 Å². The minimum atomic E-state index is -0.325. The van der Waals surface area contributed by atoms with Crippen molar-refractivity contribution >= 4 is 40.9 Å². The average molecular weight is 284 g/mol. The first-order chi connectivity index (χ1) is 8.28. The van der Waals surface area contributed by atoms with E-state index in [9.17, 15) is 4.79 Å². The predicted molar refractivity (Wildman–Crippen MR) is 75.8 cm³/mol. The van der Waals surface area contributed by atoms with Gasteiger partial charge in [-0.3, -0.25) is 0 Å². The summed E-state index contributed by atoms with van der Waals surface area (Å²) in [7, 11) is 0. The maximum atomic E-state index is 12.2. The number of rotatable bonds is 0. The largest absolute Gasteiger partial charge is 0.333 e. The zero-order valence-electron chi connectivity index (χ0n) is 10.4. The molecule has 6 heteroatoms. The van der Waals surface area contributed by atoms with E-state index < -0.39 is 0 Å². The summed E-state index contributed by atoms with van der Waals surface area (Å²) in [6, 6.07) is 5.00. The van der Waals surface area contributed by atoms with E-state index in [2.05, 4.69) is 10.3 Å². The monoisotopic (exact) mass is 283 g/mol. The number of imidazole rings is 1. The molecule has 0 aliphatic heterocycles. The Bertz CT molecular complexity index is 666. The number of aromatic nitrogens is 2. The van der Waals surface area contributed by atoms with Gasteiger partial charge >= 0.3 is 6.03 Å². The molecular weight excluding hydrogens is 270 g/mol. The molecule has 0 unspecified atom stereocenters. The molecular formula is C12H14ClN3OS. The van der Waals surface area contributed by atoms with E-state index in [4.69, 9.17) is 23.8 Å². The molecule has 2 aromatic rings. The van der Waals surface area contributed by atoms with Crippen LogP contribution in [0.25, 0.3) is 11.0 Å². The molecule has 2 N–H and O–H groups in total. The molecule has 1 amide bonds. The molecule has 0 saturated carbocycles. The molecule has 1 aromatic carbocycles. The first-order valence-corrected chi connectivity index (χ1v) is 6.29. The summed E-state index contributed by atoms with van der Waals surface area (Å²) < 4.78 is 1.77. The second kappa shape index (κ2) is 4.40. The number of aromatic amines is 1. The normalized spacial score (nSPS) is 11.8. The molecule has 0 fully saturated rings. The van der Waals surface area contributed by atoms with Gasteiger partial charge in [-0.1, -0.05) is 11.6 Å². The number of nitrogens with one attached hydrogen (secondary N) is 2. The maximum absolute atomic E-state index is 12.2. The van der Waals surface area contributed by atoms with Crippen LogP contribution < -0.4 is 5.32 Å². The zero-order chi connectivity index (χ0) is 13.5. The fraction of sp³-hybridized carbons (Fsp3) is 0.333. The van der Waals surface area contributed by atoms with Crippen LogP contribution in [0.5, 0.6) is 0 Å². The van der Waals surface area contributed by atoms with Crippen molar-refractivity contribution in [1.29, 1.82) is 0 Å². The van der Waals surface area contributed by atoms with Gasteiger partial charge in [0.1, 0.15) is 0 Å². The van der Waals surface area contributed by atoms with Gasteiger partial charge < -0.3 is 10.3 Å². The Morgan fingerprint density at radius 2 is 2.11 bits per heavy atom. The number of nitrogens with zero attached hydrogens (tertiary/aromatic N) is 1. The van der Waals surface area contributed by atoms with Gasteiger partial charge in [-0.05, 0) is 51.2 Å². The van der Waals surface area contributed by atoms with E-state index in [1.165, 1.54) is 4.57 Å². The lowest BCUT2D eigenvalue weighted by Crippen LogP contribution is -2.42. The summed E-state index contributed by atoms with van der Waals surface area (Å²) in [5.41, 5.74) is 1.14. The smallest absolute Gasteiger partial charge is 0.328 e. The molecule has 0 atom stereocenters. The Balaban J connectivity index is 2.57. The number of H-pyrrole nitrogens is 1. The lowest BCUT2D eigenvalue weighted by molar-refractivity contribution is 0.234. The molecule has 2 rings (SSSR count). The topological polar surface area (TPSA) is 49.8 Å². The number of halogens is 1. The molecule has 0 bridgehead atoms. The molecule has 1 heterocycles. The third kappa shape index (κ3) is 2.57. The quantitative estimate of drug-likeness (QED) is 0.724. The van der Waals surface area contributed by atoms with Gasteiger partial charge in [0.05, 0.1) is 11.0 Å². The standard InChI is InChI=1S/C12H14ClN3OS/c1-12(2,3)15-10(17)16-9-6-7(13)4-5-8(9)14-11(16)18/h4-6H,1-3H3,(H,14,18)(H,15,17). The second-order valence-corrected chi connectivity index (χ2v) is 5.93. The Morgan fingerprint density at radius 1 is 1.44 bits per heavy atom. The van der Waals surface area contributed by atoms with E-state index in [1.54, 1.807) is 18.2 Å². The SMILES string of the molecule is CC(C)(C)NC(=O)n1c(=S)[nH]c2ccc(Cl)cc21. The number of amides is 1. The first-order valence-electron chi connectivity index (χ1n) is 5.51. The summed E-state index contributed by atoms with van der Waals surface area (Å²) in [4.78, 5) is 15.2. The number of benzene rings is 1. The number of fused-ring (bicyclic) bond motifs is 1. The highest BCUT2D eigenvalue weighted by molar-refractivity contribution is 7.71. The lowest BCUT2D eigenvalue weighted by atomic mass is 10.1. The Hall–Kier alpha value is -1.33. The van der Waals surface area contributed by atoms with Crippen molar-refractivity contribution in [3.8, 4) is 0 Å². The minimum Gasteiger partial charge on any atom is -0.333 e. The molecule has 0 aliphatic rings. The van der Waals surface area contributed by atoms with Crippen molar-refractivity contribution in [3.63, 3.8) is 0 Å². The molecule has 96 valence electrons. The summed E-state index contributed by atoms with van der Waals surface area (Å²) in [6.45, 7) is 5.74. The molecule has 0 spiro atoms. The summed E-state index contributed by atoms with van der Waals surface area (Å²) in [6.07, 6.45) is 0. The maximum Gasteiger partial charge on any atom is 0.328 e. The van der Waals surface area contributed by atoms with Gasteiger partial charge in [-0.15, -0.1) is 0 Å². The van der Waals surface area contributed by atoms with Crippen LogP contribution in [0.1, 0.15) is 20.8 Å². The minimum absolute atomic E-state index is 0.263.